The average Bonchev–Trinajstić information content (AvgIpc) is 0.717. The Morgan fingerprint density at radius 1 is 0.172 bits per heavy atom. The van der Waals surface area contributed by atoms with Crippen LogP contribution < -0.4 is 37.9 Å². The largest absolute Gasteiger partial charge is 0.457 e. The summed E-state index contributed by atoms with van der Waals surface area (Å²) in [7, 11) is 0. The molecule has 0 aromatic heterocycles. The van der Waals surface area contributed by atoms with Crippen LogP contribution in [0.5, 0.6) is 46.0 Å². The van der Waals surface area contributed by atoms with Gasteiger partial charge in [0.15, 0.2) is 0 Å². The van der Waals surface area contributed by atoms with E-state index in [9.17, 15) is 0 Å². The molecule has 728 valence electrons. The van der Waals surface area contributed by atoms with Crippen LogP contribution in [0, 0.1) is 27.7 Å². The molecule has 0 radical (unpaired) electrons. The van der Waals surface area contributed by atoms with Gasteiger partial charge in [-0.25, -0.2) is 0 Å². The molecule has 4 aromatic rings. The van der Waals surface area contributed by atoms with Crippen molar-refractivity contribution in [2.75, 3.05) is 73.2 Å². The van der Waals surface area contributed by atoms with E-state index in [1.165, 1.54) is 498 Å². The van der Waals surface area contributed by atoms with Crippen LogP contribution >= 0.6 is 47.0 Å². The van der Waals surface area contributed by atoms with E-state index in [0.717, 1.165) is 97.4 Å². The van der Waals surface area contributed by atoms with Gasteiger partial charge in [0.1, 0.15) is 46.0 Å². The van der Waals surface area contributed by atoms with Gasteiger partial charge < -0.3 is 37.9 Å². The number of hydrogen-bond acceptors (Lipinski definition) is 12. The number of unbranched alkanes of at least 4 members (excludes halogenated alkanes) is 56. The molecule has 0 atom stereocenters. The molecule has 8 bridgehead atoms. The van der Waals surface area contributed by atoms with Crippen LogP contribution in [0.4, 0.5) is 0 Å². The highest BCUT2D eigenvalue weighted by molar-refractivity contribution is 7.99. The van der Waals surface area contributed by atoms with Gasteiger partial charge in [-0.2, -0.15) is 47.0 Å². The zero-order valence-electron chi connectivity index (χ0n) is 84.1. The Morgan fingerprint density at radius 2 is 0.289 bits per heavy atom. The zero-order chi connectivity index (χ0) is 89.7. The Kier molecular flexibility index (Phi) is 58.1. The van der Waals surface area contributed by atoms with Crippen molar-refractivity contribution in [3.05, 3.63) is 91.0 Å². The maximum atomic E-state index is 7.13. The predicted octanol–water partition coefficient (Wildman–Crippen LogP) is 38.2. The van der Waals surface area contributed by atoms with E-state index >= 15 is 0 Å². The van der Waals surface area contributed by atoms with Gasteiger partial charge >= 0.3 is 0 Å². The van der Waals surface area contributed by atoms with Crippen LogP contribution in [-0.2, 0) is 0 Å². The minimum Gasteiger partial charge on any atom is -0.457 e. The van der Waals surface area contributed by atoms with Gasteiger partial charge in [-0.05, 0) is 173 Å². The van der Waals surface area contributed by atoms with Crippen LogP contribution in [0.15, 0.2) is 24.3 Å². The molecule has 4 aromatic carbocycles. The molecule has 0 saturated carbocycles. The fourth-order valence-corrected chi connectivity index (χ4v) is 26.2. The Labute approximate surface area is 805 Å². The van der Waals surface area contributed by atoms with E-state index < -0.39 is 0 Å². The van der Waals surface area contributed by atoms with Crippen molar-refractivity contribution in [2.24, 2.45) is 0 Å². The molecule has 0 saturated heterocycles. The molecule has 8 nitrogen and oxygen atoms in total. The average molecular weight is 1840 g/mol. The second-order valence-corrected chi connectivity index (χ2v) is 44.9. The molecule has 9 rings (SSSR count). The van der Waals surface area contributed by atoms with Gasteiger partial charge in [-0.1, -0.05) is 387 Å². The summed E-state index contributed by atoms with van der Waals surface area (Å²) in [5.41, 5.74) is 15.7. The molecule has 0 unspecified atom stereocenters. The minimum absolute atomic E-state index is 0.00934. The Morgan fingerprint density at radius 3 is 0.422 bits per heavy atom. The molecule has 128 heavy (non-hydrogen) atoms. The molecule has 4 heterocycles. The predicted molar refractivity (Wildman–Crippen MR) is 563 cm³/mol. The van der Waals surface area contributed by atoms with E-state index in [2.05, 4.69) is 127 Å². The van der Waals surface area contributed by atoms with Gasteiger partial charge in [0.2, 0.25) is 27.2 Å². The van der Waals surface area contributed by atoms with Gasteiger partial charge in [-0.15, -0.1) is 0 Å². The lowest BCUT2D eigenvalue weighted by Crippen LogP contribution is -2.25. The highest BCUT2D eigenvalue weighted by atomic mass is 32.2. The quantitative estimate of drug-likeness (QED) is 0.0395. The summed E-state index contributed by atoms with van der Waals surface area (Å²) in [5.74, 6) is 17.6. The van der Waals surface area contributed by atoms with Crippen LogP contribution in [0.3, 0.4) is 0 Å². The highest BCUT2D eigenvalue weighted by Crippen LogP contribution is 2.59. The van der Waals surface area contributed by atoms with E-state index in [1.54, 1.807) is 0 Å². The second kappa shape index (κ2) is 68.6. The molecule has 0 fully saturated rings. The van der Waals surface area contributed by atoms with Crippen LogP contribution in [0.25, 0.3) is 0 Å². The lowest BCUT2D eigenvalue weighted by atomic mass is 9.71. The molecule has 0 N–H and O–H groups in total. The Balaban J connectivity index is 0.994. The topological polar surface area (TPSA) is 73.8 Å². The van der Waals surface area contributed by atoms with Crippen molar-refractivity contribution in [3.63, 3.8) is 0 Å². The van der Waals surface area contributed by atoms with Gasteiger partial charge in [0.05, 0.1) is 0 Å². The third kappa shape index (κ3) is 38.7. The van der Waals surface area contributed by atoms with Crippen LogP contribution in [-0.4, -0.2) is 73.2 Å². The van der Waals surface area contributed by atoms with Crippen molar-refractivity contribution >= 4 is 47.0 Å². The monoisotopic (exact) mass is 1840 g/mol. The highest BCUT2D eigenvalue weighted by Gasteiger charge is 2.42. The van der Waals surface area contributed by atoms with Crippen LogP contribution in [0.1, 0.15) is 555 Å². The van der Waals surface area contributed by atoms with Gasteiger partial charge in [-0.3, -0.25) is 0 Å². The number of ether oxygens (including phenoxy) is 8. The second-order valence-electron chi connectivity index (χ2n) is 40.0. The van der Waals surface area contributed by atoms with Gasteiger partial charge in [0.25, 0.3) is 0 Å². The molecular formula is C116H192O8S4. The molecule has 5 aliphatic rings. The summed E-state index contributed by atoms with van der Waals surface area (Å²) in [5, 5.41) is 0. The van der Waals surface area contributed by atoms with E-state index in [-0.39, 0.29) is 50.8 Å². The zero-order valence-corrected chi connectivity index (χ0v) is 87.4. The first-order valence-electron chi connectivity index (χ1n) is 55.3. The number of hydrogen-bond donors (Lipinski definition) is 0. The number of thioether (sulfide) groups is 4. The molecule has 0 amide bonds. The van der Waals surface area contributed by atoms with E-state index in [1.807, 2.05) is 0 Å². The van der Waals surface area contributed by atoms with Crippen molar-refractivity contribution in [2.45, 2.75) is 516 Å². The lowest BCUT2D eigenvalue weighted by molar-refractivity contribution is 0.0980. The summed E-state index contributed by atoms with van der Waals surface area (Å²) in [6.07, 6.45) is 90.2. The SMILES string of the molecule is CCCCCCCCCCCSCCCCCCCCCC1c2c3cc4c(c2C)C(CCCCCCCCCSCCCCCCCCCCC)c2c(cc5c(c2C)C(CCCCCCCCCSCCCCCCCCCCC)c2c(cc6c(c2C)C(CCCCCCCCCSCCCCCCCCCCC)c2c(cc(c1c2C)OCO3)OCO6)OCO5)OCO4. The summed E-state index contributed by atoms with van der Waals surface area (Å²) in [4.78, 5) is 0. The van der Waals surface area contributed by atoms with E-state index in [0.29, 0.717) is 0 Å². The maximum absolute atomic E-state index is 7.13. The molecule has 12 heteroatoms. The van der Waals surface area contributed by atoms with Crippen molar-refractivity contribution < 1.29 is 37.9 Å². The lowest BCUT2D eigenvalue weighted by Gasteiger charge is -2.38. The van der Waals surface area contributed by atoms with Crippen molar-refractivity contribution in [1.82, 2.24) is 0 Å². The minimum atomic E-state index is -0.00934. The first-order valence-corrected chi connectivity index (χ1v) is 60.0. The smallest absolute Gasteiger partial charge is 0.230 e. The molecule has 0 spiro atoms. The first-order chi connectivity index (χ1) is 63.3. The normalized spacial score (nSPS) is 15.9. The summed E-state index contributed by atoms with van der Waals surface area (Å²) >= 11 is 8.83. The number of benzene rings is 4. The van der Waals surface area contributed by atoms with Crippen LogP contribution in [0.2, 0.25) is 0 Å². The molecule has 1 aliphatic carbocycles. The summed E-state index contributed by atoms with van der Waals surface area (Å²) < 4.78 is 57.0. The summed E-state index contributed by atoms with van der Waals surface area (Å²) in [6, 6.07) is 9.15. The van der Waals surface area contributed by atoms with Crippen molar-refractivity contribution in [3.8, 4) is 46.0 Å². The van der Waals surface area contributed by atoms with E-state index in [4.69, 9.17) is 37.9 Å². The third-order valence-electron chi connectivity index (χ3n) is 29.6. The standard InChI is InChI=1S/C116H192O8S4/c1-9-13-17-21-25-29-41-53-65-77-125-81-69-57-45-33-37-49-61-73-97-109-93(5)111-98(74-62-50-38-34-46-58-70-82-126-78-66-54-42-30-26-22-18-14-10-2)113-95(7)115-100(76-64-52-40-36-48-60-72-84-128-80-68-56-44-32-28-24-20-16-12-4)116-96(8)114-99(75-63-51-39-35-47-59-71-83-127-79-67-55-43-31-27-23-19-15-11-3)112-94(6)110(97)102-86-104(112)120-91-122-106(114)88-108(116)124-92-123-107(115)87-105(113)121-90-119-103(111)85-101(109)117-89-118-102/h85-88,97-100H,9-84,89-92H2,1-8H3. The number of rotatable bonds is 80. The Hall–Kier alpha value is -3.32. The fraction of sp³-hybridized carbons (Fsp3) is 0.793. The first kappa shape index (κ1) is 108. The third-order valence-corrected chi connectivity index (χ3v) is 34.2. The van der Waals surface area contributed by atoms with Crippen molar-refractivity contribution in [1.29, 1.82) is 0 Å². The van der Waals surface area contributed by atoms with Gasteiger partial charge in [0, 0.05) is 92.4 Å². The fourth-order valence-electron chi connectivity index (χ4n) is 22.1. The summed E-state index contributed by atoms with van der Waals surface area (Å²) in [6.45, 7) is 19.5. The maximum Gasteiger partial charge on any atom is 0.230 e. The molecule has 4 aliphatic heterocycles. The Bertz CT molecular complexity index is 2960. The molecular weight excluding hydrogens is 1650 g/mol.